The Morgan fingerprint density at radius 2 is 1.77 bits per heavy atom. The third-order valence-corrected chi connectivity index (χ3v) is 4.02. The second-order valence-electron chi connectivity index (χ2n) is 5.16. The lowest BCUT2D eigenvalue weighted by Crippen LogP contribution is -2.23. The Labute approximate surface area is 152 Å². The van der Waals surface area contributed by atoms with Crippen LogP contribution in [0.5, 0.6) is 0 Å². The first-order valence-electron chi connectivity index (χ1n) is 7.56. The number of nitrogens with one attached hydrogen (secondary N) is 3. The number of hydrogen-bond donors (Lipinski definition) is 3. The van der Waals surface area contributed by atoms with Gasteiger partial charge in [0.25, 0.3) is 5.91 Å². The van der Waals surface area contributed by atoms with E-state index in [1.165, 1.54) is 24.3 Å². The van der Waals surface area contributed by atoms with Gasteiger partial charge in [0.15, 0.2) is 5.13 Å². The van der Waals surface area contributed by atoms with E-state index in [0.29, 0.717) is 12.2 Å². The van der Waals surface area contributed by atoms with Crippen LogP contribution < -0.4 is 16.0 Å². The summed E-state index contributed by atoms with van der Waals surface area (Å²) in [6.45, 7) is 0.354. The first-order chi connectivity index (χ1) is 12.6. The summed E-state index contributed by atoms with van der Waals surface area (Å²) in [6.07, 6.45) is 3.29. The number of benzene rings is 1. The Hall–Kier alpha value is -3.33. The van der Waals surface area contributed by atoms with Crippen LogP contribution in [0.1, 0.15) is 16.1 Å². The molecule has 0 aliphatic carbocycles. The molecule has 1 aromatic carbocycles. The SMILES string of the molecule is O=C(Nc1ccc(F)cc1)Nc1nc(C(=O)NCc2ccncc2)cs1. The molecule has 3 amide bonds. The summed E-state index contributed by atoms with van der Waals surface area (Å²) in [6, 6.07) is 8.43. The van der Waals surface area contributed by atoms with Gasteiger partial charge in [0.1, 0.15) is 11.5 Å². The van der Waals surface area contributed by atoms with E-state index >= 15 is 0 Å². The zero-order chi connectivity index (χ0) is 18.4. The molecule has 0 fully saturated rings. The van der Waals surface area contributed by atoms with Crippen LogP contribution >= 0.6 is 11.3 Å². The fourth-order valence-corrected chi connectivity index (χ4v) is 2.69. The van der Waals surface area contributed by atoms with Crippen LogP contribution in [0.15, 0.2) is 54.2 Å². The van der Waals surface area contributed by atoms with Gasteiger partial charge < -0.3 is 10.6 Å². The van der Waals surface area contributed by atoms with Crippen LogP contribution in [-0.4, -0.2) is 21.9 Å². The van der Waals surface area contributed by atoms with Gasteiger partial charge in [-0.05, 0) is 42.0 Å². The zero-order valence-corrected chi connectivity index (χ0v) is 14.2. The molecule has 26 heavy (non-hydrogen) atoms. The Morgan fingerprint density at radius 3 is 2.50 bits per heavy atom. The first-order valence-corrected chi connectivity index (χ1v) is 8.44. The maximum atomic E-state index is 12.8. The van der Waals surface area contributed by atoms with Crippen molar-refractivity contribution in [2.24, 2.45) is 0 Å². The maximum absolute atomic E-state index is 12.8. The van der Waals surface area contributed by atoms with E-state index in [1.807, 2.05) is 0 Å². The van der Waals surface area contributed by atoms with Crippen molar-refractivity contribution >= 4 is 34.1 Å². The van der Waals surface area contributed by atoms with Crippen LogP contribution in [0.4, 0.5) is 20.0 Å². The number of aromatic nitrogens is 2. The Bertz CT molecular complexity index is 899. The highest BCUT2D eigenvalue weighted by atomic mass is 32.1. The molecule has 0 bridgehead atoms. The summed E-state index contributed by atoms with van der Waals surface area (Å²) in [7, 11) is 0. The summed E-state index contributed by atoms with van der Waals surface area (Å²) in [5.41, 5.74) is 1.57. The molecular weight excluding hydrogens is 357 g/mol. The van der Waals surface area contributed by atoms with Crippen LogP contribution in [0.2, 0.25) is 0 Å². The average molecular weight is 371 g/mol. The van der Waals surface area contributed by atoms with Crippen molar-refractivity contribution in [1.82, 2.24) is 15.3 Å². The highest BCUT2D eigenvalue weighted by Crippen LogP contribution is 2.16. The summed E-state index contributed by atoms with van der Waals surface area (Å²) in [4.78, 5) is 32.0. The van der Waals surface area contributed by atoms with Gasteiger partial charge in [-0.25, -0.2) is 14.2 Å². The van der Waals surface area contributed by atoms with Crippen molar-refractivity contribution in [3.63, 3.8) is 0 Å². The lowest BCUT2D eigenvalue weighted by Gasteiger charge is -2.05. The topological polar surface area (TPSA) is 96.0 Å². The Morgan fingerprint density at radius 1 is 1.04 bits per heavy atom. The average Bonchev–Trinajstić information content (AvgIpc) is 3.11. The number of urea groups is 1. The molecular formula is C17H14FN5O2S. The highest BCUT2D eigenvalue weighted by Gasteiger charge is 2.12. The van der Waals surface area contributed by atoms with Gasteiger partial charge in [-0.15, -0.1) is 11.3 Å². The van der Waals surface area contributed by atoms with Gasteiger partial charge in [0.2, 0.25) is 0 Å². The number of halogens is 1. The van der Waals surface area contributed by atoms with Gasteiger partial charge in [-0.3, -0.25) is 15.1 Å². The quantitative estimate of drug-likeness (QED) is 0.641. The minimum atomic E-state index is -0.533. The first kappa shape index (κ1) is 17.5. The van der Waals surface area contributed by atoms with Crippen molar-refractivity contribution in [3.05, 3.63) is 71.2 Å². The summed E-state index contributed by atoms with van der Waals surface area (Å²) >= 11 is 1.13. The largest absolute Gasteiger partial charge is 0.347 e. The van der Waals surface area contributed by atoms with E-state index in [0.717, 1.165) is 16.9 Å². The smallest absolute Gasteiger partial charge is 0.325 e. The molecule has 0 atom stereocenters. The molecule has 3 aromatic rings. The van der Waals surface area contributed by atoms with Crippen LogP contribution in [0.3, 0.4) is 0 Å². The fourth-order valence-electron chi connectivity index (χ4n) is 2.00. The fraction of sp³-hybridized carbons (Fsp3) is 0.0588. The molecule has 0 saturated carbocycles. The monoisotopic (exact) mass is 371 g/mol. The number of carbonyl (C=O) groups is 2. The molecule has 2 heterocycles. The van der Waals surface area contributed by atoms with Crippen molar-refractivity contribution in [1.29, 1.82) is 0 Å². The number of nitrogens with zero attached hydrogens (tertiary/aromatic N) is 2. The van der Waals surface area contributed by atoms with E-state index in [4.69, 9.17) is 0 Å². The van der Waals surface area contributed by atoms with E-state index in [9.17, 15) is 14.0 Å². The number of thiazole rings is 1. The van der Waals surface area contributed by atoms with Gasteiger partial charge in [-0.2, -0.15) is 0 Å². The van der Waals surface area contributed by atoms with Crippen LogP contribution in [0, 0.1) is 5.82 Å². The molecule has 7 nitrogen and oxygen atoms in total. The van der Waals surface area contributed by atoms with E-state index < -0.39 is 11.8 Å². The molecule has 3 N–H and O–H groups in total. The third-order valence-electron chi connectivity index (χ3n) is 3.26. The van der Waals surface area contributed by atoms with Crippen molar-refractivity contribution < 1.29 is 14.0 Å². The summed E-state index contributed by atoms with van der Waals surface area (Å²) in [5, 5.41) is 9.64. The standard InChI is InChI=1S/C17H14FN5O2S/c18-12-1-3-13(4-2-12)21-16(25)23-17-22-14(10-26-17)15(24)20-9-11-5-7-19-8-6-11/h1-8,10H,9H2,(H,20,24)(H2,21,22,23,25). The lowest BCUT2D eigenvalue weighted by atomic mass is 10.2. The molecule has 0 radical (unpaired) electrons. The Kier molecular flexibility index (Phi) is 5.49. The van der Waals surface area contributed by atoms with E-state index in [1.54, 1.807) is 29.9 Å². The number of carbonyl (C=O) groups excluding carboxylic acids is 2. The molecule has 0 aliphatic rings. The second-order valence-corrected chi connectivity index (χ2v) is 6.02. The predicted octanol–water partition coefficient (Wildman–Crippen LogP) is 3.25. The predicted molar refractivity (Wildman–Crippen MR) is 96.6 cm³/mol. The molecule has 0 spiro atoms. The summed E-state index contributed by atoms with van der Waals surface area (Å²) < 4.78 is 12.8. The van der Waals surface area contributed by atoms with Crippen LogP contribution in [-0.2, 0) is 6.54 Å². The van der Waals surface area contributed by atoms with Crippen molar-refractivity contribution in [3.8, 4) is 0 Å². The van der Waals surface area contributed by atoms with Crippen LogP contribution in [0.25, 0.3) is 0 Å². The molecule has 0 unspecified atom stereocenters. The Balaban J connectivity index is 1.52. The number of anilines is 2. The van der Waals surface area contributed by atoms with Gasteiger partial charge in [0.05, 0.1) is 0 Å². The molecule has 132 valence electrons. The second kappa shape index (κ2) is 8.17. The highest BCUT2D eigenvalue weighted by molar-refractivity contribution is 7.14. The maximum Gasteiger partial charge on any atom is 0.325 e. The van der Waals surface area contributed by atoms with Crippen molar-refractivity contribution in [2.75, 3.05) is 10.6 Å². The van der Waals surface area contributed by atoms with E-state index in [2.05, 4.69) is 25.9 Å². The van der Waals surface area contributed by atoms with Gasteiger partial charge in [-0.1, -0.05) is 0 Å². The van der Waals surface area contributed by atoms with Gasteiger partial charge >= 0.3 is 6.03 Å². The molecule has 2 aromatic heterocycles. The van der Waals surface area contributed by atoms with Crippen molar-refractivity contribution in [2.45, 2.75) is 6.54 Å². The number of pyridine rings is 1. The molecule has 9 heteroatoms. The minimum absolute atomic E-state index is 0.209. The number of amides is 3. The minimum Gasteiger partial charge on any atom is -0.347 e. The van der Waals surface area contributed by atoms with Gasteiger partial charge in [0, 0.05) is 30.0 Å². The lowest BCUT2D eigenvalue weighted by molar-refractivity contribution is 0.0946. The summed E-state index contributed by atoms with van der Waals surface area (Å²) in [5.74, 6) is -0.733. The van der Waals surface area contributed by atoms with E-state index in [-0.39, 0.29) is 16.7 Å². The number of rotatable bonds is 5. The zero-order valence-electron chi connectivity index (χ0n) is 13.4. The molecule has 3 rings (SSSR count). The molecule has 0 saturated heterocycles. The number of hydrogen-bond acceptors (Lipinski definition) is 5. The molecule has 0 aliphatic heterocycles. The third kappa shape index (κ3) is 4.84. The normalized spacial score (nSPS) is 10.2.